The number of aliphatic hydroxyl groups is 1. The van der Waals surface area contributed by atoms with E-state index in [1.807, 2.05) is 0 Å². The van der Waals surface area contributed by atoms with Gasteiger partial charge in [-0.1, -0.05) is 37.9 Å². The second-order valence-electron chi connectivity index (χ2n) is 4.16. The zero-order chi connectivity index (χ0) is 14.2. The molecule has 0 heterocycles. The van der Waals surface area contributed by atoms with Crippen molar-refractivity contribution in [1.29, 1.82) is 0 Å². The molecule has 0 aliphatic heterocycles. The van der Waals surface area contributed by atoms with Crippen LogP contribution in [0.25, 0.3) is 0 Å². The Balaban J connectivity index is 2.59. The van der Waals surface area contributed by atoms with Crippen LogP contribution in [0.1, 0.15) is 22.8 Å². The molecule has 0 radical (unpaired) electrons. The van der Waals surface area contributed by atoms with E-state index < -0.39 is 17.7 Å². The van der Waals surface area contributed by atoms with E-state index >= 15 is 0 Å². The summed E-state index contributed by atoms with van der Waals surface area (Å²) in [6, 6.07) is 7.59. The summed E-state index contributed by atoms with van der Waals surface area (Å²) in [6.07, 6.45) is -1.37. The van der Waals surface area contributed by atoms with Crippen LogP contribution in [0, 0.1) is 18.6 Å². The standard InChI is InChI=1S/C14H10Br2F2O/c1-7-2-5-11(17)12(13(7)18)14(19)9-6-8(15)3-4-10(9)16/h2-6,14,19H,1H3. The molecule has 1 atom stereocenters. The van der Waals surface area contributed by atoms with Gasteiger partial charge in [-0.2, -0.15) is 0 Å². The van der Waals surface area contributed by atoms with Gasteiger partial charge in [0.15, 0.2) is 0 Å². The predicted octanol–water partition coefficient (Wildman–Crippen LogP) is 4.88. The molecule has 0 aromatic heterocycles. The van der Waals surface area contributed by atoms with E-state index in [0.29, 0.717) is 15.6 Å². The topological polar surface area (TPSA) is 20.2 Å². The van der Waals surface area contributed by atoms with Gasteiger partial charge in [0.25, 0.3) is 0 Å². The van der Waals surface area contributed by atoms with Crippen molar-refractivity contribution in [3.8, 4) is 0 Å². The van der Waals surface area contributed by atoms with Crippen LogP contribution in [0.3, 0.4) is 0 Å². The smallest absolute Gasteiger partial charge is 0.135 e. The van der Waals surface area contributed by atoms with E-state index in [1.165, 1.54) is 13.0 Å². The van der Waals surface area contributed by atoms with Crippen molar-refractivity contribution < 1.29 is 13.9 Å². The van der Waals surface area contributed by atoms with Gasteiger partial charge < -0.3 is 5.11 Å². The number of aliphatic hydroxyl groups excluding tert-OH is 1. The summed E-state index contributed by atoms with van der Waals surface area (Å²) in [7, 11) is 0. The van der Waals surface area contributed by atoms with Crippen molar-refractivity contribution in [1.82, 2.24) is 0 Å². The molecule has 0 spiro atoms. The fraction of sp³-hybridized carbons (Fsp3) is 0.143. The second-order valence-corrected chi connectivity index (χ2v) is 5.93. The van der Waals surface area contributed by atoms with Gasteiger partial charge in [-0.15, -0.1) is 0 Å². The van der Waals surface area contributed by atoms with Gasteiger partial charge >= 0.3 is 0 Å². The summed E-state index contributed by atoms with van der Waals surface area (Å²) in [6.45, 7) is 1.53. The summed E-state index contributed by atoms with van der Waals surface area (Å²) < 4.78 is 29.1. The van der Waals surface area contributed by atoms with Crippen molar-refractivity contribution in [3.05, 3.63) is 67.6 Å². The first-order valence-electron chi connectivity index (χ1n) is 5.49. The van der Waals surface area contributed by atoms with Crippen LogP contribution < -0.4 is 0 Å². The molecule has 0 fully saturated rings. The third-order valence-corrected chi connectivity index (χ3v) is 4.06. The summed E-state index contributed by atoms with van der Waals surface area (Å²) in [5.41, 5.74) is 0.359. The Labute approximate surface area is 126 Å². The molecular weight excluding hydrogens is 382 g/mol. The van der Waals surface area contributed by atoms with Crippen molar-refractivity contribution in [2.75, 3.05) is 0 Å². The molecule has 1 N–H and O–H groups in total. The zero-order valence-corrected chi connectivity index (χ0v) is 13.1. The van der Waals surface area contributed by atoms with E-state index in [0.717, 1.165) is 10.5 Å². The maximum Gasteiger partial charge on any atom is 0.135 e. The first kappa shape index (κ1) is 14.6. The van der Waals surface area contributed by atoms with E-state index in [4.69, 9.17) is 0 Å². The lowest BCUT2D eigenvalue weighted by Gasteiger charge is -2.16. The third-order valence-electron chi connectivity index (χ3n) is 2.85. The molecular formula is C14H10Br2F2O. The SMILES string of the molecule is Cc1ccc(F)c(C(O)c2cc(Br)ccc2Br)c1F. The highest BCUT2D eigenvalue weighted by Crippen LogP contribution is 2.34. The summed E-state index contributed by atoms with van der Waals surface area (Å²) in [5, 5.41) is 10.3. The number of hydrogen-bond acceptors (Lipinski definition) is 1. The first-order chi connectivity index (χ1) is 8.91. The van der Waals surface area contributed by atoms with Crippen LogP contribution in [0.5, 0.6) is 0 Å². The average molecular weight is 392 g/mol. The molecule has 0 bridgehead atoms. The average Bonchev–Trinajstić information content (AvgIpc) is 2.37. The maximum atomic E-state index is 14.0. The van der Waals surface area contributed by atoms with Gasteiger partial charge in [0.2, 0.25) is 0 Å². The highest BCUT2D eigenvalue weighted by molar-refractivity contribution is 9.11. The highest BCUT2D eigenvalue weighted by Gasteiger charge is 2.23. The lowest BCUT2D eigenvalue weighted by atomic mass is 9.98. The zero-order valence-electron chi connectivity index (χ0n) is 9.92. The summed E-state index contributed by atoms with van der Waals surface area (Å²) in [5.74, 6) is -1.48. The Morgan fingerprint density at radius 3 is 2.47 bits per heavy atom. The Hall–Kier alpha value is -0.780. The summed E-state index contributed by atoms with van der Waals surface area (Å²) >= 11 is 6.54. The minimum absolute atomic E-state index is 0.293. The molecule has 2 aromatic carbocycles. The molecule has 19 heavy (non-hydrogen) atoms. The highest BCUT2D eigenvalue weighted by atomic mass is 79.9. The van der Waals surface area contributed by atoms with Crippen molar-refractivity contribution in [2.45, 2.75) is 13.0 Å². The van der Waals surface area contributed by atoms with Gasteiger partial charge in [-0.3, -0.25) is 0 Å². The van der Waals surface area contributed by atoms with Crippen LogP contribution in [0.15, 0.2) is 39.3 Å². The molecule has 5 heteroatoms. The van der Waals surface area contributed by atoms with Crippen LogP contribution in [0.2, 0.25) is 0 Å². The van der Waals surface area contributed by atoms with Crippen LogP contribution in [-0.4, -0.2) is 5.11 Å². The van der Waals surface area contributed by atoms with Crippen molar-refractivity contribution >= 4 is 31.9 Å². The monoisotopic (exact) mass is 390 g/mol. The van der Waals surface area contributed by atoms with Crippen molar-refractivity contribution in [3.63, 3.8) is 0 Å². The maximum absolute atomic E-state index is 14.0. The van der Waals surface area contributed by atoms with Gasteiger partial charge in [0.1, 0.15) is 17.7 Å². The molecule has 0 saturated heterocycles. The molecule has 0 aliphatic rings. The molecule has 1 unspecified atom stereocenters. The van der Waals surface area contributed by atoms with E-state index in [9.17, 15) is 13.9 Å². The van der Waals surface area contributed by atoms with Crippen LogP contribution in [0.4, 0.5) is 8.78 Å². The van der Waals surface area contributed by atoms with Gasteiger partial charge in [-0.25, -0.2) is 8.78 Å². The molecule has 0 saturated carbocycles. The minimum atomic E-state index is -1.37. The second kappa shape index (κ2) is 5.69. The van der Waals surface area contributed by atoms with Crippen LogP contribution >= 0.6 is 31.9 Å². The van der Waals surface area contributed by atoms with Crippen molar-refractivity contribution in [2.24, 2.45) is 0 Å². The van der Waals surface area contributed by atoms with Gasteiger partial charge in [0, 0.05) is 14.5 Å². The number of hydrogen-bond donors (Lipinski definition) is 1. The molecule has 0 aliphatic carbocycles. The predicted molar refractivity (Wildman–Crippen MR) is 77.0 cm³/mol. The van der Waals surface area contributed by atoms with Gasteiger partial charge in [0.05, 0.1) is 5.56 Å². The largest absolute Gasteiger partial charge is 0.383 e. The molecule has 2 aromatic rings. The Kier molecular flexibility index (Phi) is 4.38. The molecule has 1 nitrogen and oxygen atoms in total. The number of benzene rings is 2. The molecule has 2 rings (SSSR count). The fourth-order valence-corrected chi connectivity index (χ4v) is 2.65. The number of aryl methyl sites for hydroxylation is 1. The normalized spacial score (nSPS) is 12.5. The Morgan fingerprint density at radius 2 is 1.79 bits per heavy atom. The van der Waals surface area contributed by atoms with E-state index in [-0.39, 0.29) is 5.56 Å². The quantitative estimate of drug-likeness (QED) is 0.773. The number of rotatable bonds is 2. The third kappa shape index (κ3) is 2.88. The van der Waals surface area contributed by atoms with Crippen LogP contribution in [-0.2, 0) is 0 Å². The number of halogens is 4. The molecule has 100 valence electrons. The fourth-order valence-electron chi connectivity index (χ4n) is 1.81. The summed E-state index contributed by atoms with van der Waals surface area (Å²) in [4.78, 5) is 0. The first-order valence-corrected chi connectivity index (χ1v) is 7.08. The Bertz CT molecular complexity index is 629. The van der Waals surface area contributed by atoms with E-state index in [2.05, 4.69) is 31.9 Å². The van der Waals surface area contributed by atoms with E-state index in [1.54, 1.807) is 18.2 Å². The Morgan fingerprint density at radius 1 is 1.11 bits per heavy atom. The lowest BCUT2D eigenvalue weighted by Crippen LogP contribution is -2.08. The lowest BCUT2D eigenvalue weighted by molar-refractivity contribution is 0.208. The minimum Gasteiger partial charge on any atom is -0.383 e. The molecule has 0 amide bonds. The van der Waals surface area contributed by atoms with Gasteiger partial charge in [-0.05, 0) is 36.8 Å².